The lowest BCUT2D eigenvalue weighted by molar-refractivity contribution is 0.0973. The van der Waals surface area contributed by atoms with E-state index in [0.717, 1.165) is 10.0 Å². The van der Waals surface area contributed by atoms with Crippen molar-refractivity contribution >= 4 is 39.2 Å². The van der Waals surface area contributed by atoms with E-state index in [-0.39, 0.29) is 5.91 Å². The van der Waals surface area contributed by atoms with Crippen molar-refractivity contribution in [2.24, 2.45) is 0 Å². The fraction of sp³-hybridized carbons (Fsp3) is 0.125. The fourth-order valence-corrected chi connectivity index (χ4v) is 2.46. The van der Waals surface area contributed by atoms with E-state index in [2.05, 4.69) is 21.2 Å². The Morgan fingerprint density at radius 3 is 2.43 bits per heavy atom. The molecule has 0 spiro atoms. The van der Waals surface area contributed by atoms with Gasteiger partial charge in [-0.1, -0.05) is 42.5 Å². The van der Waals surface area contributed by atoms with Gasteiger partial charge in [-0.25, -0.2) is 0 Å². The Kier molecular flexibility index (Phi) is 5.47. The molecule has 0 aliphatic carbocycles. The van der Waals surface area contributed by atoms with Crippen molar-refractivity contribution in [1.29, 1.82) is 0 Å². The monoisotopic (exact) mass is 362 g/mol. The SMILES string of the molecule is CN(Cc1ccccc1)C(=S)NC(=O)c1ccccc1Br. The Balaban J connectivity index is 1.98. The number of thiocarbonyl (C=S) groups is 1. The minimum absolute atomic E-state index is 0.215. The Bertz CT molecular complexity index is 646. The average Bonchev–Trinajstić information content (AvgIpc) is 2.48. The van der Waals surface area contributed by atoms with Crippen molar-refractivity contribution < 1.29 is 4.79 Å². The Labute approximate surface area is 138 Å². The molecule has 2 rings (SSSR count). The molecule has 2 aromatic rings. The summed E-state index contributed by atoms with van der Waals surface area (Å²) in [5, 5.41) is 3.15. The van der Waals surface area contributed by atoms with Gasteiger partial charge in [0.15, 0.2) is 5.11 Å². The highest BCUT2D eigenvalue weighted by molar-refractivity contribution is 9.10. The molecular formula is C16H15BrN2OS. The van der Waals surface area contributed by atoms with Gasteiger partial charge in [-0.3, -0.25) is 10.1 Å². The van der Waals surface area contributed by atoms with Gasteiger partial charge >= 0.3 is 0 Å². The van der Waals surface area contributed by atoms with Crippen LogP contribution in [0.5, 0.6) is 0 Å². The molecule has 3 nitrogen and oxygen atoms in total. The van der Waals surface area contributed by atoms with E-state index >= 15 is 0 Å². The summed E-state index contributed by atoms with van der Waals surface area (Å²) < 4.78 is 0.746. The Morgan fingerprint density at radius 1 is 1.14 bits per heavy atom. The highest BCUT2D eigenvalue weighted by atomic mass is 79.9. The molecule has 21 heavy (non-hydrogen) atoms. The van der Waals surface area contributed by atoms with Crippen LogP contribution in [-0.4, -0.2) is 23.0 Å². The summed E-state index contributed by atoms with van der Waals surface area (Å²) in [5.74, 6) is -0.215. The van der Waals surface area contributed by atoms with Gasteiger partial charge in [0, 0.05) is 18.1 Å². The van der Waals surface area contributed by atoms with E-state index < -0.39 is 0 Å². The predicted molar refractivity (Wildman–Crippen MR) is 92.1 cm³/mol. The number of amides is 1. The lowest BCUT2D eigenvalue weighted by Crippen LogP contribution is -2.40. The topological polar surface area (TPSA) is 32.3 Å². The van der Waals surface area contributed by atoms with Crippen molar-refractivity contribution in [3.05, 3.63) is 70.2 Å². The molecule has 0 atom stereocenters. The number of halogens is 1. The number of nitrogens with one attached hydrogen (secondary N) is 1. The van der Waals surface area contributed by atoms with Crippen LogP contribution < -0.4 is 5.32 Å². The lowest BCUT2D eigenvalue weighted by Gasteiger charge is -2.20. The van der Waals surface area contributed by atoms with E-state index in [4.69, 9.17) is 12.2 Å². The van der Waals surface area contributed by atoms with Crippen LogP contribution in [0.4, 0.5) is 0 Å². The molecule has 5 heteroatoms. The molecule has 0 bridgehead atoms. The van der Waals surface area contributed by atoms with E-state index in [1.54, 1.807) is 6.07 Å². The van der Waals surface area contributed by atoms with Gasteiger partial charge in [0.2, 0.25) is 0 Å². The summed E-state index contributed by atoms with van der Waals surface area (Å²) in [6.45, 7) is 0.649. The number of carbonyl (C=O) groups is 1. The van der Waals surface area contributed by atoms with E-state index in [1.165, 1.54) is 0 Å². The van der Waals surface area contributed by atoms with Crippen molar-refractivity contribution in [2.75, 3.05) is 7.05 Å². The second-order valence-electron chi connectivity index (χ2n) is 4.58. The largest absolute Gasteiger partial charge is 0.348 e. The molecule has 0 aliphatic heterocycles. The van der Waals surface area contributed by atoms with Gasteiger partial charge in [0.1, 0.15) is 0 Å². The van der Waals surface area contributed by atoms with Gasteiger partial charge in [-0.05, 0) is 45.8 Å². The molecule has 0 unspecified atom stereocenters. The van der Waals surface area contributed by atoms with E-state index in [0.29, 0.717) is 17.2 Å². The molecule has 0 radical (unpaired) electrons. The first-order valence-corrected chi connectivity index (χ1v) is 7.63. The Hall–Kier alpha value is -1.72. The number of hydrogen-bond donors (Lipinski definition) is 1. The van der Waals surface area contributed by atoms with Crippen LogP contribution in [0.15, 0.2) is 59.1 Å². The second-order valence-corrected chi connectivity index (χ2v) is 5.82. The third kappa shape index (κ3) is 4.37. The molecule has 2 aromatic carbocycles. The summed E-state index contributed by atoms with van der Waals surface area (Å²) >= 11 is 8.63. The van der Waals surface area contributed by atoms with Crippen molar-refractivity contribution in [3.8, 4) is 0 Å². The van der Waals surface area contributed by atoms with Crippen LogP contribution in [0.25, 0.3) is 0 Å². The molecule has 108 valence electrons. The van der Waals surface area contributed by atoms with Crippen LogP contribution in [-0.2, 0) is 6.54 Å². The molecule has 0 heterocycles. The van der Waals surface area contributed by atoms with E-state index in [1.807, 2.05) is 60.5 Å². The molecule has 1 amide bonds. The van der Waals surface area contributed by atoms with Crippen LogP contribution in [0.2, 0.25) is 0 Å². The first-order valence-electron chi connectivity index (χ1n) is 6.43. The zero-order chi connectivity index (χ0) is 15.2. The molecule has 0 aliphatic rings. The third-order valence-electron chi connectivity index (χ3n) is 2.95. The molecule has 0 saturated heterocycles. The van der Waals surface area contributed by atoms with Crippen LogP contribution >= 0.6 is 28.1 Å². The van der Waals surface area contributed by atoms with Gasteiger partial charge in [0.05, 0.1) is 5.56 Å². The van der Waals surface area contributed by atoms with Gasteiger partial charge in [0.25, 0.3) is 5.91 Å². The standard InChI is InChI=1S/C16H15BrN2OS/c1-19(11-12-7-3-2-4-8-12)16(21)18-15(20)13-9-5-6-10-14(13)17/h2-10H,11H2,1H3,(H,18,20,21). The molecule has 0 saturated carbocycles. The van der Waals surface area contributed by atoms with Gasteiger partial charge in [-0.15, -0.1) is 0 Å². The minimum Gasteiger partial charge on any atom is -0.348 e. The predicted octanol–water partition coefficient (Wildman–Crippen LogP) is 3.60. The fourth-order valence-electron chi connectivity index (χ4n) is 1.83. The summed E-state index contributed by atoms with van der Waals surface area (Å²) in [6, 6.07) is 17.2. The second kappa shape index (κ2) is 7.33. The maximum Gasteiger partial charge on any atom is 0.258 e. The van der Waals surface area contributed by atoms with Gasteiger partial charge < -0.3 is 4.90 Å². The van der Waals surface area contributed by atoms with Crippen molar-refractivity contribution in [3.63, 3.8) is 0 Å². The summed E-state index contributed by atoms with van der Waals surface area (Å²) in [5.41, 5.74) is 1.70. The smallest absolute Gasteiger partial charge is 0.258 e. The van der Waals surface area contributed by atoms with Crippen molar-refractivity contribution in [1.82, 2.24) is 10.2 Å². The zero-order valence-electron chi connectivity index (χ0n) is 11.5. The normalized spacial score (nSPS) is 10.0. The minimum atomic E-state index is -0.215. The number of nitrogens with zero attached hydrogens (tertiary/aromatic N) is 1. The quantitative estimate of drug-likeness (QED) is 0.846. The first-order chi connectivity index (χ1) is 10.1. The van der Waals surface area contributed by atoms with Crippen LogP contribution in [0.1, 0.15) is 15.9 Å². The summed E-state index contributed by atoms with van der Waals surface area (Å²) in [7, 11) is 1.86. The van der Waals surface area contributed by atoms with E-state index in [9.17, 15) is 4.79 Å². The zero-order valence-corrected chi connectivity index (χ0v) is 13.9. The molecule has 1 N–H and O–H groups in total. The summed E-state index contributed by atoms with van der Waals surface area (Å²) in [4.78, 5) is 14.0. The first kappa shape index (κ1) is 15.7. The molecule has 0 fully saturated rings. The maximum atomic E-state index is 12.2. The third-order valence-corrected chi connectivity index (χ3v) is 4.05. The van der Waals surface area contributed by atoms with Crippen molar-refractivity contribution in [2.45, 2.75) is 6.54 Å². The highest BCUT2D eigenvalue weighted by Gasteiger charge is 2.13. The number of rotatable bonds is 3. The summed E-state index contributed by atoms with van der Waals surface area (Å²) in [6.07, 6.45) is 0. The number of hydrogen-bond acceptors (Lipinski definition) is 2. The molecular weight excluding hydrogens is 348 g/mol. The average molecular weight is 363 g/mol. The lowest BCUT2D eigenvalue weighted by atomic mass is 10.2. The maximum absolute atomic E-state index is 12.2. The number of carbonyl (C=O) groups excluding carboxylic acids is 1. The molecule has 0 aromatic heterocycles. The number of benzene rings is 2. The van der Waals surface area contributed by atoms with Crippen LogP contribution in [0, 0.1) is 0 Å². The van der Waals surface area contributed by atoms with Gasteiger partial charge in [-0.2, -0.15) is 0 Å². The highest BCUT2D eigenvalue weighted by Crippen LogP contribution is 2.15. The van der Waals surface area contributed by atoms with Crippen LogP contribution in [0.3, 0.4) is 0 Å². The Morgan fingerprint density at radius 2 is 1.76 bits per heavy atom.